The van der Waals surface area contributed by atoms with Crippen molar-refractivity contribution in [2.24, 2.45) is 0 Å². The van der Waals surface area contributed by atoms with Crippen molar-refractivity contribution in [3.8, 4) is 11.5 Å². The first-order valence-corrected chi connectivity index (χ1v) is 6.25. The zero-order valence-electron chi connectivity index (χ0n) is 10.5. The van der Waals surface area contributed by atoms with E-state index in [2.05, 4.69) is 15.5 Å². The summed E-state index contributed by atoms with van der Waals surface area (Å²) in [6.07, 6.45) is 1.65. The van der Waals surface area contributed by atoms with Crippen LogP contribution in [-0.4, -0.2) is 24.4 Å². The van der Waals surface area contributed by atoms with Crippen molar-refractivity contribution in [2.45, 2.75) is 6.54 Å². The summed E-state index contributed by atoms with van der Waals surface area (Å²) in [4.78, 5) is 0. The van der Waals surface area contributed by atoms with Gasteiger partial charge in [0.15, 0.2) is 0 Å². The third kappa shape index (κ3) is 2.88. The molecule has 2 N–H and O–H groups in total. The molecule has 1 heterocycles. The van der Waals surface area contributed by atoms with Crippen LogP contribution < -0.4 is 14.8 Å². The molecule has 0 aliphatic rings. The highest BCUT2D eigenvalue weighted by Crippen LogP contribution is 2.40. The van der Waals surface area contributed by atoms with E-state index >= 15 is 0 Å². The first kappa shape index (κ1) is 13.8. The molecule has 0 unspecified atom stereocenters. The van der Waals surface area contributed by atoms with Gasteiger partial charge in [0.05, 0.1) is 30.5 Å². The van der Waals surface area contributed by atoms with Gasteiger partial charge in [-0.15, -0.1) is 0 Å². The van der Waals surface area contributed by atoms with E-state index in [-0.39, 0.29) is 0 Å². The molecular weight excluding hydrogens is 289 g/mol. The Morgan fingerprint density at radius 2 is 1.84 bits per heavy atom. The maximum Gasteiger partial charge on any atom is 0.141 e. The molecule has 0 bridgehead atoms. The number of nitrogens with one attached hydrogen (secondary N) is 2. The smallest absolute Gasteiger partial charge is 0.141 e. The third-order valence-electron chi connectivity index (χ3n) is 2.62. The van der Waals surface area contributed by atoms with E-state index in [9.17, 15) is 0 Å². The molecule has 0 atom stereocenters. The molecule has 0 fully saturated rings. The van der Waals surface area contributed by atoms with E-state index in [1.807, 2.05) is 0 Å². The average Bonchev–Trinajstić information content (AvgIpc) is 2.92. The molecule has 1 aromatic heterocycles. The molecule has 1 aromatic carbocycles. The highest BCUT2D eigenvalue weighted by Gasteiger charge is 2.16. The summed E-state index contributed by atoms with van der Waals surface area (Å²) in [5, 5.41) is 10.7. The highest BCUT2D eigenvalue weighted by molar-refractivity contribution is 6.37. The molecule has 0 saturated carbocycles. The van der Waals surface area contributed by atoms with Gasteiger partial charge in [-0.1, -0.05) is 23.2 Å². The predicted molar refractivity (Wildman–Crippen MR) is 75.5 cm³/mol. The van der Waals surface area contributed by atoms with E-state index in [0.29, 0.717) is 33.7 Å². The van der Waals surface area contributed by atoms with Crippen molar-refractivity contribution in [1.29, 1.82) is 0 Å². The van der Waals surface area contributed by atoms with Gasteiger partial charge in [-0.05, 0) is 6.07 Å². The van der Waals surface area contributed by atoms with Crippen LogP contribution in [0, 0.1) is 0 Å². The van der Waals surface area contributed by atoms with Crippen molar-refractivity contribution in [3.05, 3.63) is 33.9 Å². The first-order valence-electron chi connectivity index (χ1n) is 5.49. The second kappa shape index (κ2) is 6.04. The molecule has 2 rings (SSSR count). The molecule has 7 heteroatoms. The summed E-state index contributed by atoms with van der Waals surface area (Å²) in [6.45, 7) is 0.424. The van der Waals surface area contributed by atoms with Crippen LogP contribution in [0.5, 0.6) is 11.5 Å². The van der Waals surface area contributed by atoms with E-state index in [4.69, 9.17) is 32.7 Å². The van der Waals surface area contributed by atoms with Gasteiger partial charge >= 0.3 is 0 Å². The molecule has 19 heavy (non-hydrogen) atoms. The number of hydrogen-bond acceptors (Lipinski definition) is 4. The fourth-order valence-corrected chi connectivity index (χ4v) is 2.26. The Morgan fingerprint density at radius 1 is 1.21 bits per heavy atom. The van der Waals surface area contributed by atoms with Gasteiger partial charge in [0.1, 0.15) is 17.3 Å². The highest BCUT2D eigenvalue weighted by atomic mass is 35.5. The van der Waals surface area contributed by atoms with Gasteiger partial charge in [-0.3, -0.25) is 5.10 Å². The Bertz CT molecular complexity index is 530. The summed E-state index contributed by atoms with van der Waals surface area (Å²) < 4.78 is 10.4. The van der Waals surface area contributed by atoms with Crippen molar-refractivity contribution >= 4 is 29.0 Å². The third-order valence-corrected chi connectivity index (χ3v) is 3.45. The van der Waals surface area contributed by atoms with Crippen LogP contribution >= 0.6 is 23.2 Å². The quantitative estimate of drug-likeness (QED) is 0.889. The van der Waals surface area contributed by atoms with Crippen molar-refractivity contribution in [1.82, 2.24) is 10.2 Å². The van der Waals surface area contributed by atoms with Crippen LogP contribution in [-0.2, 0) is 6.54 Å². The van der Waals surface area contributed by atoms with Gasteiger partial charge in [-0.25, -0.2) is 0 Å². The monoisotopic (exact) mass is 301 g/mol. The second-order valence-electron chi connectivity index (χ2n) is 3.71. The molecule has 0 aliphatic carbocycles. The fraction of sp³-hybridized carbons (Fsp3) is 0.250. The Balaban J connectivity index is 2.31. The average molecular weight is 302 g/mol. The van der Waals surface area contributed by atoms with Crippen LogP contribution in [0.1, 0.15) is 5.56 Å². The molecule has 0 amide bonds. The number of nitrogens with zero attached hydrogens (tertiary/aromatic N) is 1. The van der Waals surface area contributed by atoms with Gasteiger partial charge in [0.2, 0.25) is 0 Å². The minimum atomic E-state index is 0.424. The number of halogens is 2. The van der Waals surface area contributed by atoms with Gasteiger partial charge in [0, 0.05) is 18.2 Å². The lowest BCUT2D eigenvalue weighted by molar-refractivity contribution is 0.394. The lowest BCUT2D eigenvalue weighted by atomic mass is 10.2. The fourth-order valence-electron chi connectivity index (χ4n) is 1.63. The van der Waals surface area contributed by atoms with Gasteiger partial charge in [0.25, 0.3) is 0 Å². The molecule has 102 valence electrons. The predicted octanol–water partition coefficient (Wildman–Crippen LogP) is 3.35. The first-order chi connectivity index (χ1) is 9.17. The number of aromatic nitrogens is 2. The minimum Gasteiger partial charge on any atom is -0.495 e. The number of ether oxygens (including phenoxy) is 2. The lowest BCUT2D eigenvalue weighted by Crippen LogP contribution is -2.03. The number of H-pyrrole nitrogens is 1. The van der Waals surface area contributed by atoms with Gasteiger partial charge in [-0.2, -0.15) is 5.10 Å². The van der Waals surface area contributed by atoms with E-state index in [1.54, 1.807) is 32.5 Å². The Hall–Kier alpha value is -1.59. The van der Waals surface area contributed by atoms with Crippen LogP contribution in [0.25, 0.3) is 0 Å². The number of benzene rings is 1. The second-order valence-corrected chi connectivity index (χ2v) is 4.47. The summed E-state index contributed by atoms with van der Waals surface area (Å²) >= 11 is 12.5. The SMILES string of the molecule is COc1cc(OC)c(Cl)c(CNc2ccn[nH]2)c1Cl. The maximum absolute atomic E-state index is 6.25. The molecule has 0 spiro atoms. The Labute approximate surface area is 120 Å². The van der Waals surface area contributed by atoms with E-state index in [0.717, 1.165) is 5.82 Å². The van der Waals surface area contributed by atoms with E-state index in [1.165, 1.54) is 0 Å². The molecule has 5 nitrogen and oxygen atoms in total. The summed E-state index contributed by atoms with van der Waals surface area (Å²) in [5.41, 5.74) is 0.703. The molecule has 0 aliphatic heterocycles. The van der Waals surface area contributed by atoms with Crippen molar-refractivity contribution in [2.75, 3.05) is 19.5 Å². The molecule has 0 radical (unpaired) electrons. The van der Waals surface area contributed by atoms with Crippen LogP contribution in [0.4, 0.5) is 5.82 Å². The lowest BCUT2D eigenvalue weighted by Gasteiger charge is -2.14. The summed E-state index contributed by atoms with van der Waals surface area (Å²) in [5.74, 6) is 1.81. The van der Waals surface area contributed by atoms with Crippen LogP contribution in [0.3, 0.4) is 0 Å². The zero-order valence-corrected chi connectivity index (χ0v) is 12.0. The summed E-state index contributed by atoms with van der Waals surface area (Å²) in [7, 11) is 3.08. The van der Waals surface area contributed by atoms with E-state index < -0.39 is 0 Å². The molecular formula is C12H13Cl2N3O2. The standard InChI is InChI=1S/C12H13Cl2N3O2/c1-18-8-5-9(19-2)12(14)7(11(8)13)6-15-10-3-4-16-17-10/h3-5H,6H2,1-2H3,(H2,15,16,17). The normalized spacial score (nSPS) is 10.3. The molecule has 2 aromatic rings. The number of hydrogen-bond donors (Lipinski definition) is 2. The van der Waals surface area contributed by atoms with Gasteiger partial charge < -0.3 is 14.8 Å². The van der Waals surface area contributed by atoms with Crippen molar-refractivity contribution < 1.29 is 9.47 Å². The maximum atomic E-state index is 6.25. The zero-order chi connectivity index (χ0) is 13.8. The molecule has 0 saturated heterocycles. The van der Waals surface area contributed by atoms with Crippen molar-refractivity contribution in [3.63, 3.8) is 0 Å². The Kier molecular flexibility index (Phi) is 4.39. The number of rotatable bonds is 5. The number of methoxy groups -OCH3 is 2. The topological polar surface area (TPSA) is 59.2 Å². The number of aromatic amines is 1. The minimum absolute atomic E-state index is 0.424. The van der Waals surface area contributed by atoms with Crippen LogP contribution in [0.15, 0.2) is 18.3 Å². The Morgan fingerprint density at radius 3 is 2.32 bits per heavy atom. The largest absolute Gasteiger partial charge is 0.495 e. The number of anilines is 1. The van der Waals surface area contributed by atoms with Crippen LogP contribution in [0.2, 0.25) is 10.0 Å². The summed E-state index contributed by atoms with van der Waals surface area (Å²) in [6, 6.07) is 3.46.